The Morgan fingerprint density at radius 3 is 2.37 bits per heavy atom. The zero-order valence-corrected chi connectivity index (χ0v) is 15.4. The highest BCUT2D eigenvalue weighted by atomic mass is 35.5. The second-order valence-corrected chi connectivity index (χ2v) is 6.41. The molecular formula is C20H21ClN2O4. The highest BCUT2D eigenvalue weighted by Crippen LogP contribution is 2.31. The van der Waals surface area contributed by atoms with E-state index < -0.39 is 11.9 Å². The maximum Gasteiger partial charge on any atom is 0.328 e. The van der Waals surface area contributed by atoms with Gasteiger partial charge < -0.3 is 20.8 Å². The number of nitrogens with two attached hydrogens (primary N) is 1. The minimum absolute atomic E-state index is 0.558. The summed E-state index contributed by atoms with van der Waals surface area (Å²) in [6.45, 7) is 2.59. The van der Waals surface area contributed by atoms with Gasteiger partial charge in [0.1, 0.15) is 0 Å². The van der Waals surface area contributed by atoms with Gasteiger partial charge in [0.2, 0.25) is 0 Å². The third kappa shape index (κ3) is 6.44. The molecule has 2 aromatic rings. The van der Waals surface area contributed by atoms with Gasteiger partial charge in [-0.25, -0.2) is 9.59 Å². The molecule has 0 spiro atoms. The molecule has 1 aliphatic rings. The topological polar surface area (TPSA) is 104 Å². The van der Waals surface area contributed by atoms with Crippen LogP contribution in [0.15, 0.2) is 54.6 Å². The van der Waals surface area contributed by atoms with Crippen molar-refractivity contribution >= 4 is 29.2 Å². The second kappa shape index (κ2) is 9.75. The lowest BCUT2D eigenvalue weighted by Gasteiger charge is -2.20. The van der Waals surface area contributed by atoms with Gasteiger partial charge in [-0.05, 0) is 41.3 Å². The molecule has 27 heavy (non-hydrogen) atoms. The van der Waals surface area contributed by atoms with E-state index in [4.69, 9.17) is 27.5 Å². The molecule has 1 aliphatic heterocycles. The van der Waals surface area contributed by atoms with E-state index in [0.717, 1.165) is 24.5 Å². The molecule has 0 amide bonds. The number of benzene rings is 2. The Kier molecular flexibility index (Phi) is 7.40. The van der Waals surface area contributed by atoms with E-state index >= 15 is 0 Å². The Morgan fingerprint density at radius 1 is 1.07 bits per heavy atom. The molecule has 0 aromatic heterocycles. The molecule has 0 saturated heterocycles. The Hall–Kier alpha value is -2.83. The summed E-state index contributed by atoms with van der Waals surface area (Å²) in [7, 11) is 0. The van der Waals surface area contributed by atoms with E-state index in [2.05, 4.69) is 41.3 Å². The summed E-state index contributed by atoms with van der Waals surface area (Å²) < 4.78 is 0. The third-order valence-electron chi connectivity index (χ3n) is 4.00. The number of nitrogens with zero attached hydrogens (tertiary/aromatic N) is 1. The number of carboxylic acid groups (broad SMARTS) is 2. The van der Waals surface area contributed by atoms with Gasteiger partial charge in [0.15, 0.2) is 0 Å². The highest BCUT2D eigenvalue weighted by Gasteiger charge is 2.19. The van der Waals surface area contributed by atoms with Gasteiger partial charge in [0, 0.05) is 42.5 Å². The molecule has 6 nitrogen and oxygen atoms in total. The molecule has 4 N–H and O–H groups in total. The van der Waals surface area contributed by atoms with Crippen LogP contribution in [0.25, 0.3) is 0 Å². The lowest BCUT2D eigenvalue weighted by molar-refractivity contribution is -0.134. The van der Waals surface area contributed by atoms with Crippen LogP contribution in [0, 0.1) is 0 Å². The molecule has 0 bridgehead atoms. The number of hydrogen-bond donors (Lipinski definition) is 3. The SMILES string of the molecule is NCc1cccc(CN2CCc3cc(Cl)ccc32)c1.O=C(O)C=CC(=O)O. The Morgan fingerprint density at radius 2 is 1.74 bits per heavy atom. The Labute approximate surface area is 162 Å². The molecule has 0 aliphatic carbocycles. The first kappa shape index (κ1) is 20.5. The fourth-order valence-electron chi connectivity index (χ4n) is 2.82. The molecule has 7 heteroatoms. The van der Waals surface area contributed by atoms with Crippen LogP contribution in [-0.2, 0) is 29.1 Å². The second-order valence-electron chi connectivity index (χ2n) is 5.98. The molecule has 1 heterocycles. The molecule has 142 valence electrons. The molecule has 3 rings (SSSR count). The van der Waals surface area contributed by atoms with Crippen LogP contribution in [0.3, 0.4) is 0 Å². The molecule has 0 unspecified atom stereocenters. The van der Waals surface area contributed by atoms with Crippen molar-refractivity contribution < 1.29 is 19.8 Å². The first-order chi connectivity index (χ1) is 12.9. The lowest BCUT2D eigenvalue weighted by Crippen LogP contribution is -2.19. The van der Waals surface area contributed by atoms with Crippen molar-refractivity contribution in [2.75, 3.05) is 11.4 Å². The van der Waals surface area contributed by atoms with Crippen LogP contribution < -0.4 is 10.6 Å². The van der Waals surface area contributed by atoms with Gasteiger partial charge in [-0.3, -0.25) is 0 Å². The number of rotatable bonds is 5. The van der Waals surface area contributed by atoms with Crippen LogP contribution in [0.5, 0.6) is 0 Å². The van der Waals surface area contributed by atoms with Gasteiger partial charge in [-0.1, -0.05) is 35.9 Å². The summed E-state index contributed by atoms with van der Waals surface area (Å²) in [5.41, 5.74) is 10.8. The largest absolute Gasteiger partial charge is 0.478 e. The molecule has 0 atom stereocenters. The van der Waals surface area contributed by atoms with Crippen LogP contribution in [-0.4, -0.2) is 28.7 Å². The van der Waals surface area contributed by atoms with E-state index in [0.29, 0.717) is 18.7 Å². The summed E-state index contributed by atoms with van der Waals surface area (Å²) in [6.07, 6.45) is 2.19. The first-order valence-corrected chi connectivity index (χ1v) is 8.72. The van der Waals surface area contributed by atoms with Crippen molar-refractivity contribution in [1.82, 2.24) is 0 Å². The zero-order chi connectivity index (χ0) is 19.8. The molecule has 0 fully saturated rings. The smallest absolute Gasteiger partial charge is 0.328 e. The molecule has 2 aromatic carbocycles. The monoisotopic (exact) mass is 388 g/mol. The van der Waals surface area contributed by atoms with Crippen molar-refractivity contribution in [2.45, 2.75) is 19.5 Å². The summed E-state index contributed by atoms with van der Waals surface area (Å²) in [5, 5.41) is 16.4. The normalized spacial score (nSPS) is 12.4. The van der Waals surface area contributed by atoms with Crippen LogP contribution in [0.4, 0.5) is 5.69 Å². The van der Waals surface area contributed by atoms with E-state index in [1.54, 1.807) is 0 Å². The van der Waals surface area contributed by atoms with Gasteiger partial charge >= 0.3 is 11.9 Å². The summed E-state index contributed by atoms with van der Waals surface area (Å²) in [4.78, 5) is 21.5. The lowest BCUT2D eigenvalue weighted by atomic mass is 10.1. The van der Waals surface area contributed by atoms with Crippen LogP contribution >= 0.6 is 11.6 Å². The highest BCUT2D eigenvalue weighted by molar-refractivity contribution is 6.30. The summed E-state index contributed by atoms with van der Waals surface area (Å²) in [6, 6.07) is 14.7. The maximum absolute atomic E-state index is 9.55. The van der Waals surface area contributed by atoms with Gasteiger partial charge in [-0.15, -0.1) is 0 Å². The predicted octanol–water partition coefficient (Wildman–Crippen LogP) is 3.07. The minimum atomic E-state index is -1.26. The number of anilines is 1. The fraction of sp³-hybridized carbons (Fsp3) is 0.200. The Balaban J connectivity index is 0.000000279. The van der Waals surface area contributed by atoms with Crippen molar-refractivity contribution in [3.8, 4) is 0 Å². The van der Waals surface area contributed by atoms with E-state index in [1.807, 2.05) is 6.07 Å². The van der Waals surface area contributed by atoms with E-state index in [9.17, 15) is 9.59 Å². The van der Waals surface area contributed by atoms with Crippen molar-refractivity contribution in [3.63, 3.8) is 0 Å². The third-order valence-corrected chi connectivity index (χ3v) is 4.24. The quantitative estimate of drug-likeness (QED) is 0.680. The average molecular weight is 389 g/mol. The van der Waals surface area contributed by atoms with Crippen molar-refractivity contribution in [2.24, 2.45) is 5.73 Å². The van der Waals surface area contributed by atoms with E-state index in [1.165, 1.54) is 22.4 Å². The average Bonchev–Trinajstić information content (AvgIpc) is 3.02. The number of fused-ring (bicyclic) bond motifs is 1. The number of carboxylic acids is 2. The summed E-state index contributed by atoms with van der Waals surface area (Å²) >= 11 is 6.04. The van der Waals surface area contributed by atoms with Crippen LogP contribution in [0.1, 0.15) is 16.7 Å². The minimum Gasteiger partial charge on any atom is -0.478 e. The van der Waals surface area contributed by atoms with Crippen molar-refractivity contribution in [1.29, 1.82) is 0 Å². The first-order valence-electron chi connectivity index (χ1n) is 8.34. The number of aliphatic carboxylic acids is 2. The van der Waals surface area contributed by atoms with Gasteiger partial charge in [0.05, 0.1) is 0 Å². The Bertz CT molecular complexity index is 836. The standard InChI is InChI=1S/C16H17ClN2.C4H4O4/c17-15-4-5-16-14(9-15)6-7-19(16)11-13-3-1-2-12(8-13)10-18;5-3(6)1-2-4(7)8/h1-5,8-9H,6-7,10-11,18H2;1-2H,(H,5,6)(H,7,8). The number of hydrogen-bond acceptors (Lipinski definition) is 4. The van der Waals surface area contributed by atoms with Crippen molar-refractivity contribution in [3.05, 3.63) is 76.3 Å². The molecule has 0 saturated carbocycles. The fourth-order valence-corrected chi connectivity index (χ4v) is 3.02. The van der Waals surface area contributed by atoms with Crippen LogP contribution in [0.2, 0.25) is 5.02 Å². The number of halogens is 1. The van der Waals surface area contributed by atoms with Gasteiger partial charge in [0.25, 0.3) is 0 Å². The predicted molar refractivity (Wildman–Crippen MR) is 105 cm³/mol. The zero-order valence-electron chi connectivity index (χ0n) is 14.6. The maximum atomic E-state index is 9.55. The van der Waals surface area contributed by atoms with E-state index in [-0.39, 0.29) is 0 Å². The summed E-state index contributed by atoms with van der Waals surface area (Å²) in [5.74, 6) is -2.51. The number of carbonyl (C=O) groups is 2. The van der Waals surface area contributed by atoms with Gasteiger partial charge in [-0.2, -0.15) is 0 Å². The molecular weight excluding hydrogens is 368 g/mol. The molecule has 0 radical (unpaired) electrons.